The molecular weight excluding hydrogens is 361 g/mol. The highest BCUT2D eigenvalue weighted by Gasteiger charge is 2.51. The Balaban J connectivity index is 1.54. The highest BCUT2D eigenvalue weighted by molar-refractivity contribution is 6.20. The Morgan fingerprint density at radius 2 is 1.82 bits per heavy atom. The second kappa shape index (κ2) is 6.29. The third-order valence-corrected chi connectivity index (χ3v) is 6.17. The number of carbonyl (C=O) groups excluding carboxylic acids is 3. The summed E-state index contributed by atoms with van der Waals surface area (Å²) in [5, 5.41) is 2.83. The molecule has 1 aromatic rings. The number of rotatable bonds is 2. The topological polar surface area (TPSA) is 69.7 Å². The lowest BCUT2D eigenvalue weighted by molar-refractivity contribution is -0.121. The Bertz CT molecular complexity index is 852. The third-order valence-electron chi connectivity index (χ3n) is 6.17. The predicted octanol–water partition coefficient (Wildman–Crippen LogP) is 3.91. The number of urea groups is 1. The van der Waals surface area contributed by atoms with Crippen LogP contribution in [0.1, 0.15) is 52.9 Å². The van der Waals surface area contributed by atoms with Gasteiger partial charge in [-0.25, -0.2) is 14.1 Å². The van der Waals surface area contributed by atoms with Crippen LogP contribution >= 0.6 is 0 Å². The van der Waals surface area contributed by atoms with Gasteiger partial charge < -0.3 is 10.2 Å². The molecule has 3 aliphatic rings. The van der Waals surface area contributed by atoms with Gasteiger partial charge in [0.1, 0.15) is 5.82 Å². The minimum Gasteiger partial charge on any atom is -0.321 e. The van der Waals surface area contributed by atoms with Crippen LogP contribution in [-0.4, -0.2) is 35.3 Å². The van der Waals surface area contributed by atoms with Crippen LogP contribution in [-0.2, 0) is 9.59 Å². The zero-order chi connectivity index (χ0) is 20.3. The van der Waals surface area contributed by atoms with Gasteiger partial charge in [0.25, 0.3) is 0 Å². The van der Waals surface area contributed by atoms with Gasteiger partial charge in [-0.1, -0.05) is 20.8 Å². The fourth-order valence-corrected chi connectivity index (χ4v) is 5.50. The first-order valence-corrected chi connectivity index (χ1v) is 9.80. The Labute approximate surface area is 164 Å². The number of nitrogens with one attached hydrogen (secondary N) is 1. The first-order chi connectivity index (χ1) is 13.1. The SMILES string of the molecule is CC1(C)CC2CC(C)(CN2C(=O)Nc2ccc(F)c(N3C(=O)CCC3=O)c2)C1. The Morgan fingerprint density at radius 3 is 2.50 bits per heavy atom. The molecule has 7 heteroatoms. The number of nitrogens with zero attached hydrogens (tertiary/aromatic N) is 2. The third kappa shape index (κ3) is 3.27. The van der Waals surface area contributed by atoms with Gasteiger partial charge in [-0.15, -0.1) is 0 Å². The number of benzene rings is 1. The number of amides is 4. The van der Waals surface area contributed by atoms with E-state index in [2.05, 4.69) is 26.1 Å². The number of halogens is 1. The van der Waals surface area contributed by atoms with Gasteiger partial charge in [-0.3, -0.25) is 9.59 Å². The summed E-state index contributed by atoms with van der Waals surface area (Å²) in [5.41, 5.74) is 0.594. The van der Waals surface area contributed by atoms with Crippen molar-refractivity contribution in [2.75, 3.05) is 16.8 Å². The van der Waals surface area contributed by atoms with Gasteiger partial charge >= 0.3 is 6.03 Å². The zero-order valence-electron chi connectivity index (χ0n) is 16.5. The Hall–Kier alpha value is -2.44. The van der Waals surface area contributed by atoms with Crippen molar-refractivity contribution >= 4 is 29.2 Å². The number of hydrogen-bond donors (Lipinski definition) is 1. The fourth-order valence-electron chi connectivity index (χ4n) is 5.50. The molecule has 4 rings (SSSR count). The normalized spacial score (nSPS) is 28.8. The molecule has 2 aliphatic heterocycles. The standard InChI is InChI=1S/C21H26FN3O3/c1-20(2)9-14-10-21(3,11-20)12-24(14)19(28)23-13-4-5-15(22)16(8-13)25-17(26)6-7-18(25)27/h4-5,8,14H,6-7,9-12H2,1-3H3,(H,23,28). The van der Waals surface area contributed by atoms with E-state index in [-0.39, 0.29) is 41.4 Å². The minimum absolute atomic E-state index is 0.0820. The number of carbonyl (C=O) groups is 3. The van der Waals surface area contributed by atoms with E-state index in [0.29, 0.717) is 12.2 Å². The molecule has 1 aliphatic carbocycles. The summed E-state index contributed by atoms with van der Waals surface area (Å²) >= 11 is 0. The van der Waals surface area contributed by atoms with E-state index in [1.54, 1.807) is 0 Å². The first kappa shape index (κ1) is 18.9. The summed E-state index contributed by atoms with van der Waals surface area (Å²) in [6.07, 6.45) is 3.20. The smallest absolute Gasteiger partial charge is 0.321 e. The molecule has 0 aromatic heterocycles. The van der Waals surface area contributed by atoms with E-state index in [1.807, 2.05) is 4.90 Å². The molecule has 3 fully saturated rings. The maximum atomic E-state index is 14.2. The van der Waals surface area contributed by atoms with Gasteiger partial charge in [0.15, 0.2) is 0 Å². The molecule has 0 radical (unpaired) electrons. The quantitative estimate of drug-likeness (QED) is 0.782. The number of fused-ring (bicyclic) bond motifs is 2. The van der Waals surface area contributed by atoms with Gasteiger partial charge in [0.2, 0.25) is 11.8 Å². The van der Waals surface area contributed by atoms with E-state index in [1.165, 1.54) is 18.2 Å². The van der Waals surface area contributed by atoms with Crippen molar-refractivity contribution in [1.82, 2.24) is 4.90 Å². The van der Waals surface area contributed by atoms with Gasteiger partial charge in [-0.05, 0) is 48.3 Å². The monoisotopic (exact) mass is 387 g/mol. The van der Waals surface area contributed by atoms with Crippen molar-refractivity contribution in [3.8, 4) is 0 Å². The first-order valence-electron chi connectivity index (χ1n) is 9.80. The Morgan fingerprint density at radius 1 is 1.14 bits per heavy atom. The maximum Gasteiger partial charge on any atom is 0.322 e. The number of hydrogen-bond acceptors (Lipinski definition) is 3. The van der Waals surface area contributed by atoms with Gasteiger partial charge in [0, 0.05) is 31.1 Å². The van der Waals surface area contributed by atoms with E-state index in [0.717, 1.165) is 24.2 Å². The average Bonchev–Trinajstić information content (AvgIpc) is 3.04. The molecular formula is C21H26FN3O3. The lowest BCUT2D eigenvalue weighted by Crippen LogP contribution is -2.40. The van der Waals surface area contributed by atoms with E-state index in [9.17, 15) is 18.8 Å². The van der Waals surface area contributed by atoms with Crippen molar-refractivity contribution in [1.29, 1.82) is 0 Å². The molecule has 6 nitrogen and oxygen atoms in total. The van der Waals surface area contributed by atoms with Crippen LogP contribution in [0, 0.1) is 16.6 Å². The lowest BCUT2D eigenvalue weighted by atomic mass is 9.65. The summed E-state index contributed by atoms with van der Waals surface area (Å²) < 4.78 is 14.2. The van der Waals surface area contributed by atoms with E-state index < -0.39 is 17.6 Å². The maximum absolute atomic E-state index is 14.2. The molecule has 2 unspecified atom stereocenters. The van der Waals surface area contributed by atoms with Gasteiger partial charge in [-0.2, -0.15) is 0 Å². The van der Waals surface area contributed by atoms with Crippen LogP contribution in [0.5, 0.6) is 0 Å². The fraction of sp³-hybridized carbons (Fsp3) is 0.571. The van der Waals surface area contributed by atoms with Crippen LogP contribution in [0.4, 0.5) is 20.6 Å². The molecule has 150 valence electrons. The average molecular weight is 387 g/mol. The highest BCUT2D eigenvalue weighted by Crippen LogP contribution is 2.52. The van der Waals surface area contributed by atoms with Gasteiger partial charge in [0.05, 0.1) is 5.69 Å². The van der Waals surface area contributed by atoms with Crippen molar-refractivity contribution in [3.63, 3.8) is 0 Å². The van der Waals surface area contributed by atoms with E-state index >= 15 is 0 Å². The van der Waals surface area contributed by atoms with Crippen molar-refractivity contribution in [3.05, 3.63) is 24.0 Å². The number of imide groups is 1. The summed E-state index contributed by atoms with van der Waals surface area (Å²) in [6, 6.07) is 3.97. The molecule has 2 heterocycles. The summed E-state index contributed by atoms with van der Waals surface area (Å²) in [5.74, 6) is -1.50. The predicted molar refractivity (Wildman–Crippen MR) is 103 cm³/mol. The van der Waals surface area contributed by atoms with Crippen LogP contribution < -0.4 is 10.2 Å². The van der Waals surface area contributed by atoms with Crippen LogP contribution in [0.2, 0.25) is 0 Å². The molecule has 1 aromatic carbocycles. The minimum atomic E-state index is -0.659. The zero-order valence-corrected chi connectivity index (χ0v) is 16.5. The van der Waals surface area contributed by atoms with Crippen molar-refractivity contribution in [2.45, 2.75) is 58.9 Å². The molecule has 4 amide bonds. The summed E-state index contributed by atoms with van der Waals surface area (Å²) in [6.45, 7) is 7.42. The van der Waals surface area contributed by atoms with Crippen molar-refractivity contribution in [2.24, 2.45) is 10.8 Å². The molecule has 28 heavy (non-hydrogen) atoms. The van der Waals surface area contributed by atoms with Crippen LogP contribution in [0.25, 0.3) is 0 Å². The van der Waals surface area contributed by atoms with Crippen LogP contribution in [0.3, 0.4) is 0 Å². The second-order valence-electron chi connectivity index (χ2n) is 9.56. The summed E-state index contributed by atoms with van der Waals surface area (Å²) in [7, 11) is 0. The van der Waals surface area contributed by atoms with E-state index in [4.69, 9.17) is 0 Å². The highest BCUT2D eigenvalue weighted by atomic mass is 19.1. The Kier molecular flexibility index (Phi) is 4.25. The largest absolute Gasteiger partial charge is 0.322 e. The van der Waals surface area contributed by atoms with Crippen molar-refractivity contribution < 1.29 is 18.8 Å². The molecule has 2 saturated heterocycles. The molecule has 2 atom stereocenters. The molecule has 2 bridgehead atoms. The second-order valence-corrected chi connectivity index (χ2v) is 9.56. The molecule has 1 saturated carbocycles. The lowest BCUT2D eigenvalue weighted by Gasteiger charge is -2.39. The summed E-state index contributed by atoms with van der Waals surface area (Å²) in [4.78, 5) is 39.6. The number of anilines is 2. The molecule has 1 N–H and O–H groups in total. The number of likely N-dealkylation sites (tertiary alicyclic amines) is 1. The van der Waals surface area contributed by atoms with Crippen LogP contribution in [0.15, 0.2) is 18.2 Å². The molecule has 0 spiro atoms.